The normalized spacial score (nSPS) is 19.8. The van der Waals surface area contributed by atoms with Crippen LogP contribution in [0.5, 0.6) is 0 Å². The summed E-state index contributed by atoms with van der Waals surface area (Å²) < 4.78 is 18.3. The maximum atomic E-state index is 11.3. The fourth-order valence-electron chi connectivity index (χ4n) is 5.29. The molecule has 14 nitrogen and oxygen atoms in total. The molecule has 0 unspecified atom stereocenters. The van der Waals surface area contributed by atoms with Gasteiger partial charge >= 0.3 is 0 Å². The van der Waals surface area contributed by atoms with Crippen LogP contribution < -0.4 is 10.6 Å². The molecule has 0 bridgehead atoms. The average molecular weight is 601 g/mol. The molecule has 0 aliphatic carbocycles. The van der Waals surface area contributed by atoms with Gasteiger partial charge in [-0.3, -0.25) is 9.36 Å². The van der Waals surface area contributed by atoms with Gasteiger partial charge in [-0.05, 0) is 11.1 Å². The molecule has 2 aromatic carbocycles. The number of nitrogens with one attached hydrogen (secondary N) is 2. The Labute approximate surface area is 252 Å². The van der Waals surface area contributed by atoms with Gasteiger partial charge in [0.2, 0.25) is 5.95 Å². The molecule has 6 rings (SSSR count). The van der Waals surface area contributed by atoms with Gasteiger partial charge in [0.15, 0.2) is 41.2 Å². The number of nitrogens with zero attached hydrogens (tertiary/aromatic N) is 6. The molecule has 4 heterocycles. The minimum atomic E-state index is -1.32. The SMILES string of the molecule is CCc1noc([C@H]2O[C@@H](n3cnc4c(NCC(c5ccccc5)c5ccccc5)nc(NCCO)nc43)[C@H](O)[C@@H]2OC=O)n1. The summed E-state index contributed by atoms with van der Waals surface area (Å²) in [6, 6.07) is 20.3. The Bertz CT molecular complexity index is 1640. The molecule has 0 amide bonds. The number of ether oxygens (including phenoxy) is 2. The van der Waals surface area contributed by atoms with Crippen molar-refractivity contribution in [1.82, 2.24) is 29.7 Å². The van der Waals surface area contributed by atoms with E-state index in [1.54, 1.807) is 4.57 Å². The number of rotatable bonds is 13. The molecule has 1 aliphatic rings. The van der Waals surface area contributed by atoms with Crippen LogP contribution in [-0.2, 0) is 20.7 Å². The number of hydrogen-bond acceptors (Lipinski definition) is 13. The van der Waals surface area contributed by atoms with Crippen molar-refractivity contribution in [2.45, 2.75) is 43.8 Å². The van der Waals surface area contributed by atoms with E-state index in [2.05, 4.69) is 60.0 Å². The first-order valence-corrected chi connectivity index (χ1v) is 14.3. The molecular formula is C30H32N8O6. The number of aromatic nitrogens is 6. The van der Waals surface area contributed by atoms with Crippen LogP contribution in [0.4, 0.5) is 11.8 Å². The van der Waals surface area contributed by atoms with Crippen LogP contribution in [0.2, 0.25) is 0 Å². The molecule has 14 heteroatoms. The van der Waals surface area contributed by atoms with Crippen molar-refractivity contribution in [3.8, 4) is 0 Å². The number of carbonyl (C=O) groups excluding carboxylic acids is 1. The van der Waals surface area contributed by atoms with Crippen LogP contribution in [0.25, 0.3) is 11.2 Å². The first kappa shape index (κ1) is 29.2. The largest absolute Gasteiger partial charge is 0.458 e. The van der Waals surface area contributed by atoms with Crippen molar-refractivity contribution in [3.05, 3.63) is 89.8 Å². The zero-order valence-electron chi connectivity index (χ0n) is 23.9. The first-order valence-electron chi connectivity index (χ1n) is 14.3. The summed E-state index contributed by atoms with van der Waals surface area (Å²) in [6.45, 7) is 2.69. The Kier molecular flexibility index (Phi) is 8.72. The Hall–Kier alpha value is -4.92. The zero-order valence-corrected chi connectivity index (χ0v) is 23.9. The van der Waals surface area contributed by atoms with Gasteiger partial charge in [-0.15, -0.1) is 0 Å². The molecule has 1 aliphatic heterocycles. The number of aryl methyl sites for hydroxylation is 1. The minimum absolute atomic E-state index is 0.00256. The van der Waals surface area contributed by atoms with Gasteiger partial charge in [0.05, 0.1) is 12.9 Å². The van der Waals surface area contributed by atoms with Gasteiger partial charge in [-0.25, -0.2) is 4.98 Å². The van der Waals surface area contributed by atoms with E-state index < -0.39 is 24.5 Å². The van der Waals surface area contributed by atoms with Gasteiger partial charge < -0.3 is 34.8 Å². The number of benzene rings is 2. The first-order chi connectivity index (χ1) is 21.6. The summed E-state index contributed by atoms with van der Waals surface area (Å²) >= 11 is 0. The second-order valence-electron chi connectivity index (χ2n) is 10.2. The third-order valence-corrected chi connectivity index (χ3v) is 7.44. The van der Waals surface area contributed by atoms with Crippen LogP contribution in [0, 0.1) is 0 Å². The van der Waals surface area contributed by atoms with Gasteiger partial charge in [0, 0.05) is 25.4 Å². The zero-order chi connectivity index (χ0) is 30.5. The van der Waals surface area contributed by atoms with Crippen LogP contribution >= 0.6 is 0 Å². The number of anilines is 2. The van der Waals surface area contributed by atoms with Crippen molar-refractivity contribution < 1.29 is 29.0 Å². The highest BCUT2D eigenvalue weighted by atomic mass is 16.6. The van der Waals surface area contributed by atoms with E-state index in [4.69, 9.17) is 14.0 Å². The molecule has 0 radical (unpaired) electrons. The van der Waals surface area contributed by atoms with Crippen molar-refractivity contribution in [1.29, 1.82) is 0 Å². The maximum Gasteiger partial charge on any atom is 0.293 e. The van der Waals surface area contributed by atoms with Crippen molar-refractivity contribution in [2.75, 3.05) is 30.3 Å². The molecular weight excluding hydrogens is 568 g/mol. The molecule has 44 heavy (non-hydrogen) atoms. The van der Waals surface area contributed by atoms with Crippen LogP contribution in [0.15, 0.2) is 71.5 Å². The molecule has 1 fully saturated rings. The number of aliphatic hydroxyl groups is 2. The monoisotopic (exact) mass is 600 g/mol. The number of carbonyl (C=O) groups is 1. The smallest absolute Gasteiger partial charge is 0.293 e. The highest BCUT2D eigenvalue weighted by molar-refractivity contribution is 5.84. The van der Waals surface area contributed by atoms with E-state index in [0.717, 1.165) is 11.1 Å². The Balaban J connectivity index is 1.35. The quantitative estimate of drug-likeness (QED) is 0.145. The van der Waals surface area contributed by atoms with E-state index >= 15 is 0 Å². The second-order valence-corrected chi connectivity index (χ2v) is 10.2. The van der Waals surface area contributed by atoms with E-state index in [1.165, 1.54) is 6.33 Å². The topological polar surface area (TPSA) is 183 Å². The molecule has 5 aromatic rings. The molecule has 0 spiro atoms. The lowest BCUT2D eigenvalue weighted by Crippen LogP contribution is -2.31. The van der Waals surface area contributed by atoms with E-state index in [1.807, 2.05) is 43.3 Å². The van der Waals surface area contributed by atoms with Crippen LogP contribution in [0.1, 0.15) is 48.0 Å². The summed E-state index contributed by atoms with van der Waals surface area (Å²) in [4.78, 5) is 29.5. The molecule has 228 valence electrons. The fraction of sp³-hybridized carbons (Fsp3) is 0.333. The Morgan fingerprint density at radius 3 is 2.41 bits per heavy atom. The fourth-order valence-corrected chi connectivity index (χ4v) is 5.29. The molecule has 0 saturated carbocycles. The van der Waals surface area contributed by atoms with E-state index in [0.29, 0.717) is 35.8 Å². The van der Waals surface area contributed by atoms with Crippen molar-refractivity contribution >= 4 is 29.4 Å². The third-order valence-electron chi connectivity index (χ3n) is 7.44. The van der Waals surface area contributed by atoms with Crippen LogP contribution in [0.3, 0.4) is 0 Å². The van der Waals surface area contributed by atoms with Gasteiger partial charge in [0.1, 0.15) is 6.10 Å². The molecule has 3 aromatic heterocycles. The lowest BCUT2D eigenvalue weighted by Gasteiger charge is -2.20. The summed E-state index contributed by atoms with van der Waals surface area (Å²) in [5.74, 6) is 1.21. The highest BCUT2D eigenvalue weighted by Gasteiger charge is 2.50. The minimum Gasteiger partial charge on any atom is -0.458 e. The standard InChI is InChI=1S/C30H32N8O6/c1-2-21-34-28(44-37-21)25-24(42-17-40)23(41)29(43-25)38-16-33-22-26(35-30(31-13-14-39)36-27(22)38)32-15-20(18-9-5-3-6-10-18)19-11-7-4-8-12-19/h3-12,16-17,20,23-25,29,39,41H,2,13-15H2,1H3,(H2,31,32,35,36)/t23-,24+,25+,29-/m1/s1. The molecule has 1 saturated heterocycles. The lowest BCUT2D eigenvalue weighted by molar-refractivity contribution is -0.140. The molecule has 4 N–H and O–H groups in total. The average Bonchev–Trinajstić information content (AvgIpc) is 3.79. The Morgan fingerprint density at radius 1 is 1.05 bits per heavy atom. The number of hydrogen-bond donors (Lipinski definition) is 4. The maximum absolute atomic E-state index is 11.3. The summed E-state index contributed by atoms with van der Waals surface area (Å²) in [7, 11) is 0. The predicted molar refractivity (Wildman–Crippen MR) is 158 cm³/mol. The number of fused-ring (bicyclic) bond motifs is 1. The predicted octanol–water partition coefficient (Wildman–Crippen LogP) is 2.59. The summed E-state index contributed by atoms with van der Waals surface area (Å²) in [5.41, 5.74) is 3.02. The van der Waals surface area contributed by atoms with E-state index in [9.17, 15) is 15.0 Å². The van der Waals surface area contributed by atoms with E-state index in [-0.39, 0.29) is 37.4 Å². The number of imidazole rings is 1. The second kappa shape index (κ2) is 13.2. The van der Waals surface area contributed by atoms with Crippen LogP contribution in [-0.4, -0.2) is 78.2 Å². The van der Waals surface area contributed by atoms with Gasteiger partial charge in [-0.2, -0.15) is 15.0 Å². The molecule has 4 atom stereocenters. The van der Waals surface area contributed by atoms with Crippen molar-refractivity contribution in [3.63, 3.8) is 0 Å². The van der Waals surface area contributed by atoms with Gasteiger partial charge in [0.25, 0.3) is 12.4 Å². The highest BCUT2D eigenvalue weighted by Crippen LogP contribution is 2.41. The van der Waals surface area contributed by atoms with Gasteiger partial charge in [-0.1, -0.05) is 72.7 Å². The lowest BCUT2D eigenvalue weighted by atomic mass is 9.91. The third kappa shape index (κ3) is 5.82. The van der Waals surface area contributed by atoms with Crippen molar-refractivity contribution in [2.24, 2.45) is 0 Å². The summed E-state index contributed by atoms with van der Waals surface area (Å²) in [6.07, 6.45) is -2.52. The summed E-state index contributed by atoms with van der Waals surface area (Å²) in [5, 5.41) is 31.0. The Morgan fingerprint density at radius 2 is 1.77 bits per heavy atom. The number of aliphatic hydroxyl groups excluding tert-OH is 2.